The molecule has 0 aliphatic rings. The molecule has 178 valence electrons. The van der Waals surface area contributed by atoms with E-state index in [-0.39, 0.29) is 16.6 Å². The van der Waals surface area contributed by atoms with Crippen molar-refractivity contribution >= 4 is 33.0 Å². The summed E-state index contributed by atoms with van der Waals surface area (Å²) in [6, 6.07) is 27.3. The Labute approximate surface area is 210 Å². The van der Waals surface area contributed by atoms with E-state index in [2.05, 4.69) is 5.32 Å². The molecule has 35 heavy (non-hydrogen) atoms. The summed E-state index contributed by atoms with van der Waals surface area (Å²) < 4.78 is 31.4. The third-order valence-electron chi connectivity index (χ3n) is 5.44. The number of hydrogen-bond donors (Lipinski definition) is 1. The molecule has 4 rings (SSSR count). The topological polar surface area (TPSA) is 72.5 Å². The minimum absolute atomic E-state index is 0.0258. The number of hydrogen-bond acceptors (Lipinski definition) is 4. The van der Waals surface area contributed by atoms with Gasteiger partial charge in [0, 0.05) is 28.8 Å². The van der Waals surface area contributed by atoms with E-state index in [9.17, 15) is 13.2 Å². The lowest BCUT2D eigenvalue weighted by Crippen LogP contribution is -2.09. The number of anilines is 1. The first-order valence-electron chi connectivity index (χ1n) is 11.0. The Bertz CT molecular complexity index is 1480. The van der Waals surface area contributed by atoms with Crippen molar-refractivity contribution in [2.24, 2.45) is 0 Å². The number of nitrogens with one attached hydrogen (secondary N) is 1. The lowest BCUT2D eigenvalue weighted by atomic mass is 9.98. The Hall–Kier alpha value is -3.61. The lowest BCUT2D eigenvalue weighted by molar-refractivity contribution is -0.114. The van der Waals surface area contributed by atoms with Gasteiger partial charge < -0.3 is 10.1 Å². The number of halogens is 1. The quantitative estimate of drug-likeness (QED) is 0.288. The van der Waals surface area contributed by atoms with Crippen LogP contribution in [-0.4, -0.2) is 20.1 Å². The van der Waals surface area contributed by atoms with E-state index in [1.807, 2.05) is 54.6 Å². The van der Waals surface area contributed by atoms with Crippen molar-refractivity contribution in [3.05, 3.63) is 96.0 Å². The SMILES string of the molecule is CCS(=O)(=O)c1ccc(NC(C)=O)c(-c2ccc(-c3ccccc3)c(Oc3cccc(Cl)c3)c2)c1. The van der Waals surface area contributed by atoms with Crippen molar-refractivity contribution in [3.8, 4) is 33.8 Å². The van der Waals surface area contributed by atoms with Crippen molar-refractivity contribution in [1.82, 2.24) is 0 Å². The zero-order valence-electron chi connectivity index (χ0n) is 19.3. The van der Waals surface area contributed by atoms with Gasteiger partial charge in [0.1, 0.15) is 11.5 Å². The molecule has 4 aromatic carbocycles. The molecule has 7 heteroatoms. The summed E-state index contributed by atoms with van der Waals surface area (Å²) in [7, 11) is -3.45. The van der Waals surface area contributed by atoms with E-state index < -0.39 is 9.84 Å². The van der Waals surface area contributed by atoms with Crippen LogP contribution in [0.4, 0.5) is 5.69 Å². The van der Waals surface area contributed by atoms with Gasteiger partial charge in [0.25, 0.3) is 0 Å². The molecule has 0 saturated carbocycles. The van der Waals surface area contributed by atoms with E-state index >= 15 is 0 Å². The molecule has 0 aliphatic heterocycles. The van der Waals surface area contributed by atoms with E-state index in [1.54, 1.807) is 37.3 Å². The average Bonchev–Trinajstić information content (AvgIpc) is 2.84. The van der Waals surface area contributed by atoms with Gasteiger partial charge in [-0.1, -0.05) is 67.1 Å². The van der Waals surface area contributed by atoms with Crippen LogP contribution < -0.4 is 10.1 Å². The summed E-state index contributed by atoms with van der Waals surface area (Å²) in [5, 5.41) is 3.35. The Balaban J connectivity index is 1.90. The van der Waals surface area contributed by atoms with Crippen LogP contribution in [0, 0.1) is 0 Å². The van der Waals surface area contributed by atoms with Crippen LogP contribution in [0.5, 0.6) is 11.5 Å². The molecular weight excluding hydrogens is 482 g/mol. The Morgan fingerprint density at radius 3 is 2.31 bits per heavy atom. The number of rotatable bonds is 7. The smallest absolute Gasteiger partial charge is 0.221 e. The molecule has 0 heterocycles. The fourth-order valence-corrected chi connectivity index (χ4v) is 4.80. The van der Waals surface area contributed by atoms with Gasteiger partial charge in [0.05, 0.1) is 10.6 Å². The van der Waals surface area contributed by atoms with Crippen LogP contribution in [0.3, 0.4) is 0 Å². The summed E-state index contributed by atoms with van der Waals surface area (Å²) >= 11 is 6.16. The summed E-state index contributed by atoms with van der Waals surface area (Å²) in [6.45, 7) is 3.01. The van der Waals surface area contributed by atoms with Gasteiger partial charge in [0.15, 0.2) is 9.84 Å². The number of carbonyl (C=O) groups is 1. The second kappa shape index (κ2) is 10.3. The van der Waals surface area contributed by atoms with Gasteiger partial charge in [-0.25, -0.2) is 8.42 Å². The fraction of sp³-hybridized carbons (Fsp3) is 0.107. The molecule has 0 aliphatic carbocycles. The van der Waals surface area contributed by atoms with E-state index in [4.69, 9.17) is 16.3 Å². The van der Waals surface area contributed by atoms with Crippen LogP contribution in [0.2, 0.25) is 5.02 Å². The molecular formula is C28H24ClNO4S. The third-order valence-corrected chi connectivity index (χ3v) is 7.41. The van der Waals surface area contributed by atoms with Crippen molar-refractivity contribution < 1.29 is 17.9 Å². The maximum atomic E-state index is 12.6. The highest BCUT2D eigenvalue weighted by atomic mass is 35.5. The molecule has 5 nitrogen and oxygen atoms in total. The molecule has 0 spiro atoms. The second-order valence-electron chi connectivity index (χ2n) is 7.93. The van der Waals surface area contributed by atoms with Gasteiger partial charge in [-0.3, -0.25) is 4.79 Å². The van der Waals surface area contributed by atoms with E-state index in [0.29, 0.717) is 33.3 Å². The molecule has 4 aromatic rings. The summed E-state index contributed by atoms with van der Waals surface area (Å²) in [6.07, 6.45) is 0. The highest BCUT2D eigenvalue weighted by Gasteiger charge is 2.18. The van der Waals surface area contributed by atoms with Gasteiger partial charge in [-0.15, -0.1) is 0 Å². The molecule has 0 unspecified atom stereocenters. The van der Waals surface area contributed by atoms with Gasteiger partial charge in [-0.2, -0.15) is 0 Å². The molecule has 0 radical (unpaired) electrons. The maximum Gasteiger partial charge on any atom is 0.221 e. The predicted octanol–water partition coefficient (Wildman–Crippen LogP) is 7.22. The van der Waals surface area contributed by atoms with Crippen LogP contribution in [0.25, 0.3) is 22.3 Å². The summed E-state index contributed by atoms with van der Waals surface area (Å²) in [5.74, 6) is 0.848. The van der Waals surface area contributed by atoms with Gasteiger partial charge in [-0.05, 0) is 53.6 Å². The normalized spacial score (nSPS) is 11.2. The van der Waals surface area contributed by atoms with Crippen LogP contribution in [-0.2, 0) is 14.6 Å². The predicted molar refractivity (Wildman–Crippen MR) is 141 cm³/mol. The minimum atomic E-state index is -3.45. The van der Waals surface area contributed by atoms with Crippen LogP contribution >= 0.6 is 11.6 Å². The van der Waals surface area contributed by atoms with E-state index in [0.717, 1.165) is 11.1 Å². The Kier molecular flexibility index (Phi) is 7.24. The van der Waals surface area contributed by atoms with Crippen molar-refractivity contribution in [1.29, 1.82) is 0 Å². The molecule has 0 bridgehead atoms. The van der Waals surface area contributed by atoms with Crippen molar-refractivity contribution in [2.45, 2.75) is 18.7 Å². The molecule has 1 amide bonds. The monoisotopic (exact) mass is 505 g/mol. The number of benzene rings is 4. The third kappa shape index (κ3) is 5.73. The van der Waals surface area contributed by atoms with Crippen molar-refractivity contribution in [2.75, 3.05) is 11.1 Å². The van der Waals surface area contributed by atoms with Crippen LogP contribution in [0.15, 0.2) is 95.9 Å². The number of carbonyl (C=O) groups excluding carboxylic acids is 1. The Morgan fingerprint density at radius 1 is 0.857 bits per heavy atom. The van der Waals surface area contributed by atoms with Crippen molar-refractivity contribution in [3.63, 3.8) is 0 Å². The summed E-state index contributed by atoms with van der Waals surface area (Å²) in [5.41, 5.74) is 3.59. The standard InChI is InChI=1S/C28H24ClNO4S/c1-3-35(32,33)24-13-15-27(30-19(2)31)26(18-24)21-12-14-25(20-8-5-4-6-9-20)28(16-21)34-23-11-7-10-22(29)17-23/h4-18H,3H2,1-2H3,(H,30,31). The number of ether oxygens (including phenoxy) is 1. The first-order valence-corrected chi connectivity index (χ1v) is 13.1. The molecule has 0 aromatic heterocycles. The highest BCUT2D eigenvalue weighted by molar-refractivity contribution is 7.91. The van der Waals surface area contributed by atoms with E-state index in [1.165, 1.54) is 13.0 Å². The first-order chi connectivity index (χ1) is 16.8. The average molecular weight is 506 g/mol. The maximum absolute atomic E-state index is 12.6. The fourth-order valence-electron chi connectivity index (χ4n) is 3.71. The van der Waals surface area contributed by atoms with Crippen LogP contribution in [0.1, 0.15) is 13.8 Å². The zero-order valence-corrected chi connectivity index (χ0v) is 20.9. The second-order valence-corrected chi connectivity index (χ2v) is 10.6. The number of sulfone groups is 1. The highest BCUT2D eigenvalue weighted by Crippen LogP contribution is 2.39. The number of amides is 1. The molecule has 0 fully saturated rings. The Morgan fingerprint density at radius 2 is 1.63 bits per heavy atom. The summed E-state index contributed by atoms with van der Waals surface area (Å²) in [4.78, 5) is 12.0. The molecule has 0 saturated heterocycles. The molecule has 0 atom stereocenters. The zero-order chi connectivity index (χ0) is 25.0. The first kappa shape index (κ1) is 24.5. The van der Waals surface area contributed by atoms with Gasteiger partial charge in [0.2, 0.25) is 5.91 Å². The largest absolute Gasteiger partial charge is 0.457 e. The lowest BCUT2D eigenvalue weighted by Gasteiger charge is -2.16. The minimum Gasteiger partial charge on any atom is -0.457 e. The molecule has 1 N–H and O–H groups in total. The van der Waals surface area contributed by atoms with Gasteiger partial charge >= 0.3 is 0 Å².